The molecule has 1 atom stereocenters. The van der Waals surface area contributed by atoms with E-state index in [1.165, 1.54) is 21.6 Å². The SMILES string of the molecule is Cc1cc(C)cc(NC(=S)N2CCC[NH+](Cc3ccccc3Cl)C2)c1. The molecule has 0 bridgehead atoms. The molecule has 1 aliphatic rings. The molecule has 0 spiro atoms. The molecule has 5 heteroatoms. The lowest BCUT2D eigenvalue weighted by molar-refractivity contribution is -0.927. The topological polar surface area (TPSA) is 19.7 Å². The summed E-state index contributed by atoms with van der Waals surface area (Å²) in [6, 6.07) is 14.5. The Balaban J connectivity index is 1.62. The predicted molar refractivity (Wildman–Crippen MR) is 109 cm³/mol. The van der Waals surface area contributed by atoms with Crippen LogP contribution in [0.25, 0.3) is 0 Å². The molecule has 3 nitrogen and oxygen atoms in total. The quantitative estimate of drug-likeness (QED) is 0.803. The molecule has 25 heavy (non-hydrogen) atoms. The third kappa shape index (κ3) is 4.94. The minimum Gasteiger partial charge on any atom is -0.332 e. The molecule has 2 N–H and O–H groups in total. The van der Waals surface area contributed by atoms with Crippen LogP contribution in [-0.4, -0.2) is 29.8 Å². The van der Waals surface area contributed by atoms with Crippen LogP contribution in [0.2, 0.25) is 5.02 Å². The number of quaternary nitrogens is 1. The first-order valence-corrected chi connectivity index (χ1v) is 9.51. The maximum atomic E-state index is 6.31. The van der Waals surface area contributed by atoms with Gasteiger partial charge in [0.1, 0.15) is 6.54 Å². The highest BCUT2D eigenvalue weighted by Crippen LogP contribution is 2.15. The number of thiocarbonyl (C=S) groups is 1. The van der Waals surface area contributed by atoms with E-state index in [1.54, 1.807) is 0 Å². The summed E-state index contributed by atoms with van der Waals surface area (Å²) in [5.74, 6) is 0. The molecular weight excluding hydrogens is 350 g/mol. The first-order chi connectivity index (χ1) is 12.0. The van der Waals surface area contributed by atoms with Gasteiger partial charge in [-0.05, 0) is 55.4 Å². The van der Waals surface area contributed by atoms with Crippen molar-refractivity contribution in [3.63, 3.8) is 0 Å². The third-order valence-corrected chi connectivity index (χ3v) is 5.26. The second kappa shape index (κ2) is 8.17. The summed E-state index contributed by atoms with van der Waals surface area (Å²) >= 11 is 12.0. The fourth-order valence-electron chi connectivity index (χ4n) is 3.43. The van der Waals surface area contributed by atoms with Crippen molar-refractivity contribution in [1.29, 1.82) is 0 Å². The highest BCUT2D eigenvalue weighted by Gasteiger charge is 2.23. The maximum Gasteiger partial charge on any atom is 0.177 e. The fraction of sp³-hybridized carbons (Fsp3) is 0.350. The van der Waals surface area contributed by atoms with Crippen molar-refractivity contribution < 1.29 is 4.90 Å². The molecule has 2 aromatic rings. The average Bonchev–Trinajstić information content (AvgIpc) is 2.56. The van der Waals surface area contributed by atoms with Gasteiger partial charge in [-0.15, -0.1) is 0 Å². The lowest BCUT2D eigenvalue weighted by atomic mass is 10.1. The average molecular weight is 375 g/mol. The van der Waals surface area contributed by atoms with Crippen molar-refractivity contribution in [2.75, 3.05) is 25.1 Å². The number of aryl methyl sites for hydroxylation is 2. The predicted octanol–water partition coefficient (Wildman–Crippen LogP) is 3.40. The first kappa shape index (κ1) is 18.2. The van der Waals surface area contributed by atoms with Crippen LogP contribution in [0.5, 0.6) is 0 Å². The molecule has 0 saturated carbocycles. The van der Waals surface area contributed by atoms with Gasteiger partial charge >= 0.3 is 0 Å². The van der Waals surface area contributed by atoms with Crippen LogP contribution in [-0.2, 0) is 6.54 Å². The van der Waals surface area contributed by atoms with E-state index in [2.05, 4.69) is 54.4 Å². The van der Waals surface area contributed by atoms with Crippen LogP contribution >= 0.6 is 23.8 Å². The summed E-state index contributed by atoms with van der Waals surface area (Å²) < 4.78 is 0. The van der Waals surface area contributed by atoms with E-state index < -0.39 is 0 Å². The molecule has 1 saturated heterocycles. The minimum absolute atomic E-state index is 0.807. The van der Waals surface area contributed by atoms with Crippen LogP contribution in [0, 0.1) is 13.8 Å². The first-order valence-electron chi connectivity index (χ1n) is 8.72. The third-order valence-electron chi connectivity index (χ3n) is 4.53. The molecule has 2 aromatic carbocycles. The van der Waals surface area contributed by atoms with Gasteiger partial charge in [0.15, 0.2) is 11.8 Å². The highest BCUT2D eigenvalue weighted by atomic mass is 35.5. The van der Waals surface area contributed by atoms with E-state index in [0.717, 1.165) is 48.5 Å². The molecule has 1 aliphatic heterocycles. The molecule has 1 heterocycles. The second-order valence-corrected chi connectivity index (χ2v) is 7.64. The van der Waals surface area contributed by atoms with Gasteiger partial charge in [0, 0.05) is 29.2 Å². The summed E-state index contributed by atoms with van der Waals surface area (Å²) in [4.78, 5) is 3.76. The van der Waals surface area contributed by atoms with Crippen molar-refractivity contribution in [2.45, 2.75) is 26.8 Å². The molecule has 1 fully saturated rings. The van der Waals surface area contributed by atoms with Gasteiger partial charge in [-0.1, -0.05) is 35.9 Å². The summed E-state index contributed by atoms with van der Waals surface area (Å²) in [6.45, 7) is 8.20. The molecule has 3 rings (SSSR count). The standard InChI is InChI=1S/C20H24ClN3S/c1-15-10-16(2)12-18(11-15)22-20(25)24-9-5-8-23(14-24)13-17-6-3-4-7-19(17)21/h3-4,6-7,10-12H,5,8-9,13-14H2,1-2H3,(H,22,25)/p+1. The van der Waals surface area contributed by atoms with E-state index in [9.17, 15) is 0 Å². The second-order valence-electron chi connectivity index (χ2n) is 6.85. The lowest BCUT2D eigenvalue weighted by Crippen LogP contribution is -3.13. The number of rotatable bonds is 3. The molecule has 0 aliphatic carbocycles. The van der Waals surface area contributed by atoms with Crippen LogP contribution in [0.1, 0.15) is 23.1 Å². The summed E-state index contributed by atoms with van der Waals surface area (Å²) in [5, 5.41) is 5.06. The molecule has 0 aromatic heterocycles. The van der Waals surface area contributed by atoms with Gasteiger partial charge in [0.2, 0.25) is 0 Å². The molecule has 0 amide bonds. The molecule has 1 unspecified atom stereocenters. The van der Waals surface area contributed by atoms with Gasteiger partial charge in [0.25, 0.3) is 0 Å². The van der Waals surface area contributed by atoms with Crippen LogP contribution in [0.3, 0.4) is 0 Å². The van der Waals surface area contributed by atoms with E-state index >= 15 is 0 Å². The maximum absolute atomic E-state index is 6.31. The molecular formula is C20H25ClN3S+. The van der Waals surface area contributed by atoms with Crippen LogP contribution < -0.4 is 10.2 Å². The van der Waals surface area contributed by atoms with Crippen LogP contribution in [0.15, 0.2) is 42.5 Å². The summed E-state index contributed by atoms with van der Waals surface area (Å²) in [6.07, 6.45) is 1.13. The summed E-state index contributed by atoms with van der Waals surface area (Å²) in [7, 11) is 0. The van der Waals surface area contributed by atoms with E-state index in [-0.39, 0.29) is 0 Å². The number of hydrogen-bond donors (Lipinski definition) is 2. The van der Waals surface area contributed by atoms with Gasteiger partial charge in [-0.25, -0.2) is 0 Å². The zero-order valence-electron chi connectivity index (χ0n) is 14.8. The number of halogens is 1. The van der Waals surface area contributed by atoms with Crippen molar-refractivity contribution >= 4 is 34.6 Å². The zero-order valence-corrected chi connectivity index (χ0v) is 16.4. The van der Waals surface area contributed by atoms with Crippen molar-refractivity contribution in [3.8, 4) is 0 Å². The van der Waals surface area contributed by atoms with Crippen molar-refractivity contribution in [1.82, 2.24) is 4.90 Å². The minimum atomic E-state index is 0.807. The van der Waals surface area contributed by atoms with E-state index in [1.807, 2.05) is 12.1 Å². The molecule has 132 valence electrons. The monoisotopic (exact) mass is 374 g/mol. The smallest absolute Gasteiger partial charge is 0.177 e. The van der Waals surface area contributed by atoms with Gasteiger partial charge in [-0.2, -0.15) is 0 Å². The van der Waals surface area contributed by atoms with Crippen molar-refractivity contribution in [3.05, 3.63) is 64.2 Å². The van der Waals surface area contributed by atoms with Gasteiger partial charge in [0.05, 0.1) is 6.54 Å². The highest BCUT2D eigenvalue weighted by molar-refractivity contribution is 7.80. The van der Waals surface area contributed by atoms with Crippen LogP contribution in [0.4, 0.5) is 5.69 Å². The van der Waals surface area contributed by atoms with E-state index in [4.69, 9.17) is 23.8 Å². The Hall–Kier alpha value is -1.62. The number of hydrogen-bond acceptors (Lipinski definition) is 1. The number of benzene rings is 2. The van der Waals surface area contributed by atoms with E-state index in [0.29, 0.717) is 0 Å². The molecule has 0 radical (unpaired) electrons. The Morgan fingerprint density at radius 2 is 1.92 bits per heavy atom. The number of nitrogens with zero attached hydrogens (tertiary/aromatic N) is 1. The van der Waals surface area contributed by atoms with Gasteiger partial charge < -0.3 is 15.1 Å². The zero-order chi connectivity index (χ0) is 17.8. The van der Waals surface area contributed by atoms with Crippen molar-refractivity contribution in [2.24, 2.45) is 0 Å². The lowest BCUT2D eigenvalue weighted by Gasteiger charge is -2.34. The number of nitrogens with one attached hydrogen (secondary N) is 2. The Labute approximate surface area is 160 Å². The fourth-order valence-corrected chi connectivity index (χ4v) is 3.90. The Morgan fingerprint density at radius 1 is 1.20 bits per heavy atom. The Kier molecular flexibility index (Phi) is 5.94. The number of anilines is 1. The summed E-state index contributed by atoms with van der Waals surface area (Å²) in [5.41, 5.74) is 4.76. The van der Waals surface area contributed by atoms with Gasteiger partial charge in [-0.3, -0.25) is 0 Å². The largest absolute Gasteiger partial charge is 0.332 e. The Bertz CT molecular complexity index is 742. The Morgan fingerprint density at radius 3 is 2.64 bits per heavy atom. The normalized spacial score (nSPS) is 17.4.